The zero-order valence-electron chi connectivity index (χ0n) is 24.3. The first-order chi connectivity index (χ1) is 20.1. The summed E-state index contributed by atoms with van der Waals surface area (Å²) in [4.78, 5) is 47.7. The maximum absolute atomic E-state index is 14.3. The van der Waals surface area contributed by atoms with Crippen LogP contribution in [0, 0.1) is 5.92 Å². The summed E-state index contributed by atoms with van der Waals surface area (Å²) in [5, 5.41) is 13.3. The normalized spacial score (nSPS) is 22.4. The molecule has 226 valence electrons. The van der Waals surface area contributed by atoms with Crippen LogP contribution in [0.2, 0.25) is 0 Å². The number of amides is 4. The van der Waals surface area contributed by atoms with Crippen molar-refractivity contribution in [2.24, 2.45) is 5.92 Å². The summed E-state index contributed by atoms with van der Waals surface area (Å²) in [7, 11) is 4.13. The number of halogens is 1. The highest BCUT2D eigenvalue weighted by Crippen LogP contribution is 2.33. The standard InChI is InChI=1S/C31H41BrN6O4/c1-35(2)22-10-13-36(14-11-22)29(39)24(17-20-7-8-26(33)25(32)18-20)28-19-23(12-16-38(28)31(41)42)37-15-9-21-5-3-4-6-27(21)34-30(37)40/h3-8,18,22-24,28H,9-17,19,33H2,1-2H3,(H,34,40)(H,41,42)/t23?,24?,28-/m1/s1. The van der Waals surface area contributed by atoms with E-state index in [1.165, 1.54) is 4.90 Å². The molecule has 2 fully saturated rings. The molecule has 3 atom stereocenters. The Bertz CT molecular complexity index is 1310. The van der Waals surface area contributed by atoms with Gasteiger partial charge in [0.1, 0.15) is 0 Å². The van der Waals surface area contributed by atoms with Gasteiger partial charge in [-0.25, -0.2) is 9.59 Å². The smallest absolute Gasteiger partial charge is 0.407 e. The Hall–Kier alpha value is -3.31. The first-order valence-electron chi connectivity index (χ1n) is 14.8. The van der Waals surface area contributed by atoms with E-state index in [9.17, 15) is 19.5 Å². The highest BCUT2D eigenvalue weighted by atomic mass is 79.9. The van der Waals surface area contributed by atoms with Gasteiger partial charge in [-0.3, -0.25) is 4.79 Å². The number of carbonyl (C=O) groups excluding carboxylic acids is 2. The molecule has 4 N–H and O–H groups in total. The molecule has 2 saturated heterocycles. The number of hydrogen-bond acceptors (Lipinski definition) is 5. The number of nitrogens with one attached hydrogen (secondary N) is 1. The highest BCUT2D eigenvalue weighted by Gasteiger charge is 2.44. The van der Waals surface area contributed by atoms with Gasteiger partial charge < -0.3 is 35.8 Å². The van der Waals surface area contributed by atoms with Gasteiger partial charge in [-0.05, 0) is 97.9 Å². The van der Waals surface area contributed by atoms with Crippen molar-refractivity contribution in [3.05, 3.63) is 58.1 Å². The molecule has 5 rings (SSSR count). The lowest BCUT2D eigenvalue weighted by molar-refractivity contribution is -0.140. The number of fused-ring (bicyclic) bond motifs is 1. The van der Waals surface area contributed by atoms with E-state index in [-0.39, 0.29) is 24.5 Å². The molecule has 0 saturated carbocycles. The monoisotopic (exact) mass is 640 g/mol. The van der Waals surface area contributed by atoms with E-state index in [0.29, 0.717) is 57.0 Å². The molecule has 42 heavy (non-hydrogen) atoms. The van der Waals surface area contributed by atoms with Gasteiger partial charge in [0, 0.05) is 60.2 Å². The lowest BCUT2D eigenvalue weighted by Gasteiger charge is -2.46. The van der Waals surface area contributed by atoms with E-state index in [0.717, 1.165) is 34.1 Å². The minimum absolute atomic E-state index is 0.0234. The number of anilines is 2. The molecule has 4 amide bonds. The van der Waals surface area contributed by atoms with Crippen LogP contribution in [0.25, 0.3) is 0 Å². The molecule has 10 nitrogen and oxygen atoms in total. The number of piperidine rings is 2. The van der Waals surface area contributed by atoms with Gasteiger partial charge in [-0.1, -0.05) is 24.3 Å². The van der Waals surface area contributed by atoms with E-state index < -0.39 is 18.1 Å². The summed E-state index contributed by atoms with van der Waals surface area (Å²) in [6.07, 6.45) is 2.73. The van der Waals surface area contributed by atoms with E-state index >= 15 is 0 Å². The summed E-state index contributed by atoms with van der Waals surface area (Å²) in [6.45, 7) is 2.08. The summed E-state index contributed by atoms with van der Waals surface area (Å²) >= 11 is 3.51. The number of carboxylic acid groups (broad SMARTS) is 1. The van der Waals surface area contributed by atoms with Gasteiger partial charge in [0.2, 0.25) is 5.91 Å². The van der Waals surface area contributed by atoms with Crippen LogP contribution >= 0.6 is 15.9 Å². The van der Waals surface area contributed by atoms with Gasteiger partial charge >= 0.3 is 12.1 Å². The van der Waals surface area contributed by atoms with E-state index in [4.69, 9.17) is 5.73 Å². The Morgan fingerprint density at radius 3 is 2.52 bits per heavy atom. The quantitative estimate of drug-likeness (QED) is 0.404. The average molecular weight is 642 g/mol. The molecule has 2 aromatic rings. The third kappa shape index (κ3) is 6.52. The maximum atomic E-state index is 14.3. The first kappa shape index (κ1) is 30.2. The minimum atomic E-state index is -1.03. The summed E-state index contributed by atoms with van der Waals surface area (Å²) in [5.41, 5.74) is 9.45. The Labute approximate surface area is 255 Å². The molecular formula is C31H41BrN6O4. The molecule has 0 aromatic heterocycles. The highest BCUT2D eigenvalue weighted by molar-refractivity contribution is 9.10. The molecule has 11 heteroatoms. The van der Waals surface area contributed by atoms with Crippen molar-refractivity contribution in [1.82, 2.24) is 19.6 Å². The van der Waals surface area contributed by atoms with Gasteiger partial charge in [-0.2, -0.15) is 0 Å². The van der Waals surface area contributed by atoms with Crippen molar-refractivity contribution in [2.45, 2.75) is 56.7 Å². The van der Waals surface area contributed by atoms with Crippen LogP contribution in [0.15, 0.2) is 46.9 Å². The maximum Gasteiger partial charge on any atom is 0.407 e. The Balaban J connectivity index is 1.43. The van der Waals surface area contributed by atoms with Crippen molar-refractivity contribution in [3.63, 3.8) is 0 Å². The predicted octanol–water partition coefficient (Wildman–Crippen LogP) is 4.34. The molecule has 0 radical (unpaired) electrons. The van der Waals surface area contributed by atoms with Gasteiger partial charge in [0.05, 0.1) is 5.92 Å². The number of nitrogen functional groups attached to an aromatic ring is 1. The van der Waals surface area contributed by atoms with Crippen LogP contribution in [-0.2, 0) is 17.6 Å². The molecule has 3 aliphatic heterocycles. The van der Waals surface area contributed by atoms with Crippen molar-refractivity contribution >= 4 is 45.3 Å². The Kier molecular flexibility index (Phi) is 9.27. The van der Waals surface area contributed by atoms with Crippen LogP contribution in [0.3, 0.4) is 0 Å². The number of nitrogens with two attached hydrogens (primary N) is 1. The topological polar surface area (TPSA) is 122 Å². The van der Waals surface area contributed by atoms with E-state index in [1.54, 1.807) is 6.07 Å². The summed E-state index contributed by atoms with van der Waals surface area (Å²) < 4.78 is 0.746. The number of urea groups is 1. The largest absolute Gasteiger partial charge is 0.465 e. The summed E-state index contributed by atoms with van der Waals surface area (Å²) in [6, 6.07) is 12.9. The number of hydrogen-bond donors (Lipinski definition) is 3. The SMILES string of the molecule is CN(C)C1CCN(C(=O)C(Cc2ccc(N)c(Br)c2)[C@H]2CC(N3CCc4ccccc4NC3=O)CCN2C(=O)O)CC1. The second-order valence-electron chi connectivity index (χ2n) is 11.9. The van der Waals surface area contributed by atoms with Gasteiger partial charge in [0.25, 0.3) is 0 Å². The second-order valence-corrected chi connectivity index (χ2v) is 12.8. The number of rotatable bonds is 6. The van der Waals surface area contributed by atoms with Crippen LogP contribution in [0.4, 0.5) is 21.0 Å². The number of para-hydroxylation sites is 1. The fraction of sp³-hybridized carbons (Fsp3) is 0.516. The Morgan fingerprint density at radius 1 is 1.10 bits per heavy atom. The molecule has 3 heterocycles. The average Bonchev–Trinajstić information content (AvgIpc) is 3.15. The van der Waals surface area contributed by atoms with Crippen LogP contribution in [-0.4, -0.2) is 101 Å². The number of carbonyl (C=O) groups is 3. The van der Waals surface area contributed by atoms with Crippen molar-refractivity contribution in [3.8, 4) is 0 Å². The fourth-order valence-electron chi connectivity index (χ4n) is 6.79. The lowest BCUT2D eigenvalue weighted by Crippen LogP contribution is -2.59. The van der Waals surface area contributed by atoms with E-state index in [1.807, 2.05) is 46.2 Å². The van der Waals surface area contributed by atoms with Crippen LogP contribution in [0.1, 0.15) is 36.8 Å². The number of likely N-dealkylation sites (tertiary alicyclic amines) is 2. The molecular weight excluding hydrogens is 600 g/mol. The molecule has 3 aliphatic rings. The first-order valence-corrected chi connectivity index (χ1v) is 15.6. The zero-order valence-corrected chi connectivity index (χ0v) is 25.9. The predicted molar refractivity (Wildman–Crippen MR) is 166 cm³/mol. The van der Waals surface area contributed by atoms with Crippen LogP contribution < -0.4 is 11.1 Å². The lowest BCUT2D eigenvalue weighted by atomic mass is 9.82. The van der Waals surface area contributed by atoms with Crippen molar-refractivity contribution in [2.75, 3.05) is 51.3 Å². The third-order valence-electron chi connectivity index (χ3n) is 9.25. The molecule has 0 bridgehead atoms. The molecule has 0 aliphatic carbocycles. The van der Waals surface area contributed by atoms with Gasteiger partial charge in [-0.15, -0.1) is 0 Å². The molecule has 2 unspecified atom stereocenters. The Morgan fingerprint density at radius 2 is 1.83 bits per heavy atom. The summed E-state index contributed by atoms with van der Waals surface area (Å²) in [5.74, 6) is -0.618. The van der Waals surface area contributed by atoms with Crippen LogP contribution in [0.5, 0.6) is 0 Å². The van der Waals surface area contributed by atoms with Crippen molar-refractivity contribution in [1.29, 1.82) is 0 Å². The number of nitrogens with zero attached hydrogens (tertiary/aromatic N) is 4. The van der Waals surface area contributed by atoms with Gasteiger partial charge in [0.15, 0.2) is 0 Å². The zero-order chi connectivity index (χ0) is 30.0. The molecule has 0 spiro atoms. The van der Waals surface area contributed by atoms with Crippen molar-refractivity contribution < 1.29 is 19.5 Å². The third-order valence-corrected chi connectivity index (χ3v) is 9.94. The van der Waals surface area contributed by atoms with E-state index in [2.05, 4.69) is 40.2 Å². The second kappa shape index (κ2) is 12.9. The minimum Gasteiger partial charge on any atom is -0.465 e. The fourth-order valence-corrected chi connectivity index (χ4v) is 7.22. The number of benzene rings is 2. The molecule has 2 aromatic carbocycles.